The van der Waals surface area contributed by atoms with Crippen LogP contribution < -0.4 is 15.0 Å². The van der Waals surface area contributed by atoms with E-state index in [1.807, 2.05) is 4.83 Å². The fourth-order valence-corrected chi connectivity index (χ4v) is 4.80. The third-order valence-corrected chi connectivity index (χ3v) is 7.12. The van der Waals surface area contributed by atoms with Crippen molar-refractivity contribution in [3.63, 3.8) is 0 Å². The van der Waals surface area contributed by atoms with Gasteiger partial charge in [0.05, 0.1) is 20.5 Å². The summed E-state index contributed by atoms with van der Waals surface area (Å²) in [6.07, 6.45) is 0. The van der Waals surface area contributed by atoms with Crippen molar-refractivity contribution < 1.29 is 21.6 Å². The highest BCUT2D eigenvalue weighted by atomic mass is 35.5. The van der Waals surface area contributed by atoms with Crippen LogP contribution in [0, 0.1) is 0 Å². The van der Waals surface area contributed by atoms with Crippen LogP contribution in [0.25, 0.3) is 0 Å². The van der Waals surface area contributed by atoms with Crippen molar-refractivity contribution in [2.45, 2.75) is 9.79 Å². The summed E-state index contributed by atoms with van der Waals surface area (Å²) in [5.74, 6) is -0.850. The van der Waals surface area contributed by atoms with Gasteiger partial charge in [0, 0.05) is 10.6 Å². The average Bonchev–Trinajstić information content (AvgIpc) is 2.75. The van der Waals surface area contributed by atoms with E-state index in [4.69, 9.17) is 23.2 Å². The fourth-order valence-electron chi connectivity index (χ4n) is 2.43. The summed E-state index contributed by atoms with van der Waals surface area (Å²) in [7, 11) is -8.10. The van der Waals surface area contributed by atoms with Crippen LogP contribution >= 0.6 is 23.2 Å². The Morgan fingerprint density at radius 1 is 0.742 bits per heavy atom. The van der Waals surface area contributed by atoms with E-state index in [2.05, 4.69) is 10.1 Å². The smallest absolute Gasteiger partial charge is 0.266 e. The molecule has 0 spiro atoms. The lowest BCUT2D eigenvalue weighted by molar-refractivity contribution is 0.0945. The molecule has 0 aliphatic rings. The first-order chi connectivity index (χ1) is 14.6. The Morgan fingerprint density at radius 3 is 2.13 bits per heavy atom. The van der Waals surface area contributed by atoms with Crippen molar-refractivity contribution >= 4 is 54.8 Å². The molecule has 0 heterocycles. The number of hydrazine groups is 1. The van der Waals surface area contributed by atoms with Crippen LogP contribution in [-0.4, -0.2) is 22.7 Å². The molecule has 0 aliphatic heterocycles. The van der Waals surface area contributed by atoms with Crippen LogP contribution in [-0.2, 0) is 20.0 Å². The second-order valence-corrected chi connectivity index (χ2v) is 10.3. The van der Waals surface area contributed by atoms with Gasteiger partial charge in [-0.15, -0.1) is 4.83 Å². The first kappa shape index (κ1) is 23.0. The van der Waals surface area contributed by atoms with E-state index in [-0.39, 0.29) is 31.1 Å². The van der Waals surface area contributed by atoms with E-state index in [1.165, 1.54) is 60.7 Å². The minimum Gasteiger partial charge on any atom is -0.278 e. The van der Waals surface area contributed by atoms with Crippen molar-refractivity contribution in [3.05, 3.63) is 88.4 Å². The Bertz CT molecular complexity index is 1330. The molecule has 162 valence electrons. The van der Waals surface area contributed by atoms with Gasteiger partial charge in [0.1, 0.15) is 0 Å². The number of carbonyl (C=O) groups excluding carboxylic acids is 1. The van der Waals surface area contributed by atoms with Crippen molar-refractivity contribution in [1.82, 2.24) is 10.3 Å². The normalized spacial score (nSPS) is 11.7. The van der Waals surface area contributed by atoms with Gasteiger partial charge in [-0.05, 0) is 48.5 Å². The zero-order chi connectivity index (χ0) is 22.6. The molecular weight excluding hydrogens is 485 g/mol. The van der Waals surface area contributed by atoms with Crippen LogP contribution in [0.4, 0.5) is 5.69 Å². The largest absolute Gasteiger partial charge is 0.278 e. The van der Waals surface area contributed by atoms with E-state index in [0.717, 1.165) is 6.07 Å². The zero-order valence-electron chi connectivity index (χ0n) is 15.5. The summed E-state index contributed by atoms with van der Waals surface area (Å²) in [6, 6.07) is 16.7. The van der Waals surface area contributed by atoms with Gasteiger partial charge in [0.25, 0.3) is 26.0 Å². The van der Waals surface area contributed by atoms with Crippen molar-refractivity contribution in [2.24, 2.45) is 0 Å². The van der Waals surface area contributed by atoms with Gasteiger partial charge in [0.2, 0.25) is 0 Å². The lowest BCUT2D eigenvalue weighted by Gasteiger charge is -2.12. The number of amides is 1. The number of anilines is 1. The number of hydrogen-bond donors (Lipinski definition) is 3. The first-order valence-electron chi connectivity index (χ1n) is 8.54. The molecule has 0 atom stereocenters. The van der Waals surface area contributed by atoms with Gasteiger partial charge < -0.3 is 0 Å². The maximum atomic E-state index is 12.7. The number of carbonyl (C=O) groups is 1. The van der Waals surface area contributed by atoms with E-state index in [0.29, 0.717) is 0 Å². The van der Waals surface area contributed by atoms with Crippen molar-refractivity contribution in [3.8, 4) is 0 Å². The molecular formula is C19H15Cl2N3O5S2. The van der Waals surface area contributed by atoms with Crippen molar-refractivity contribution in [2.75, 3.05) is 4.72 Å². The minimum atomic E-state index is -4.11. The van der Waals surface area contributed by atoms with Crippen LogP contribution in [0.5, 0.6) is 0 Å². The molecule has 3 rings (SSSR count). The molecule has 8 nitrogen and oxygen atoms in total. The molecule has 0 saturated heterocycles. The summed E-state index contributed by atoms with van der Waals surface area (Å²) in [5.41, 5.74) is 2.03. The maximum Gasteiger partial charge on any atom is 0.266 e. The Morgan fingerprint density at radius 2 is 1.42 bits per heavy atom. The van der Waals surface area contributed by atoms with Crippen LogP contribution in [0.3, 0.4) is 0 Å². The third kappa shape index (κ3) is 5.75. The topological polar surface area (TPSA) is 121 Å². The molecule has 1 amide bonds. The number of sulfonamides is 2. The van der Waals surface area contributed by atoms with Gasteiger partial charge in [-0.25, -0.2) is 16.8 Å². The second kappa shape index (κ2) is 9.25. The third-order valence-electron chi connectivity index (χ3n) is 3.93. The van der Waals surface area contributed by atoms with E-state index >= 15 is 0 Å². The van der Waals surface area contributed by atoms with E-state index in [1.54, 1.807) is 6.07 Å². The Kier molecular flexibility index (Phi) is 6.87. The summed E-state index contributed by atoms with van der Waals surface area (Å²) < 4.78 is 52.1. The Labute approximate surface area is 189 Å². The summed E-state index contributed by atoms with van der Waals surface area (Å²) in [5, 5.41) is 0.415. The molecule has 0 saturated carbocycles. The van der Waals surface area contributed by atoms with Crippen molar-refractivity contribution in [1.29, 1.82) is 0 Å². The molecule has 0 radical (unpaired) electrons. The highest BCUT2D eigenvalue weighted by Gasteiger charge is 2.19. The van der Waals surface area contributed by atoms with Gasteiger partial charge in [-0.3, -0.25) is 14.9 Å². The van der Waals surface area contributed by atoms with E-state index < -0.39 is 26.0 Å². The quantitative estimate of drug-likeness (QED) is 0.430. The van der Waals surface area contributed by atoms with Crippen LogP contribution in [0.2, 0.25) is 10.0 Å². The van der Waals surface area contributed by atoms with Gasteiger partial charge in [-0.2, -0.15) is 0 Å². The van der Waals surface area contributed by atoms with Gasteiger partial charge in [-0.1, -0.05) is 47.5 Å². The number of nitrogens with one attached hydrogen (secondary N) is 3. The molecule has 0 aliphatic carbocycles. The van der Waals surface area contributed by atoms with E-state index in [9.17, 15) is 21.6 Å². The molecule has 31 heavy (non-hydrogen) atoms. The predicted octanol–water partition coefficient (Wildman–Crippen LogP) is 3.42. The average molecular weight is 500 g/mol. The molecule has 0 fully saturated rings. The van der Waals surface area contributed by atoms with Gasteiger partial charge >= 0.3 is 0 Å². The highest BCUT2D eigenvalue weighted by Crippen LogP contribution is 2.28. The first-order valence-corrected chi connectivity index (χ1v) is 12.3. The Balaban J connectivity index is 1.77. The van der Waals surface area contributed by atoms with Gasteiger partial charge in [0.15, 0.2) is 0 Å². The molecule has 12 heteroatoms. The van der Waals surface area contributed by atoms with Crippen LogP contribution in [0.15, 0.2) is 82.6 Å². The molecule has 3 aromatic carbocycles. The standard InChI is InChI=1S/C19H15Cl2N3O5S2/c20-14-9-10-17(21)18(12-14)23-30(26,27)16-8-4-5-13(11-16)19(25)22-24-31(28,29)15-6-2-1-3-7-15/h1-12,23-24H,(H,22,25). The van der Waals surface area contributed by atoms with Crippen LogP contribution in [0.1, 0.15) is 10.4 Å². The maximum absolute atomic E-state index is 12.7. The summed E-state index contributed by atoms with van der Waals surface area (Å²) in [6.45, 7) is 0. The lowest BCUT2D eigenvalue weighted by atomic mass is 10.2. The minimum absolute atomic E-state index is 0.0470. The SMILES string of the molecule is O=C(NNS(=O)(=O)c1ccccc1)c1cccc(S(=O)(=O)Nc2cc(Cl)ccc2Cl)c1. The predicted molar refractivity (Wildman–Crippen MR) is 118 cm³/mol. The molecule has 3 aromatic rings. The summed E-state index contributed by atoms with van der Waals surface area (Å²) in [4.78, 5) is 14.0. The summed E-state index contributed by atoms with van der Waals surface area (Å²) >= 11 is 11.9. The number of benzene rings is 3. The zero-order valence-corrected chi connectivity index (χ0v) is 18.7. The fraction of sp³-hybridized carbons (Fsp3) is 0. The second-order valence-electron chi connectivity index (χ2n) is 6.13. The lowest BCUT2D eigenvalue weighted by Crippen LogP contribution is -2.41. The number of rotatable bonds is 7. The Hall–Kier alpha value is -2.63. The molecule has 0 unspecified atom stereocenters. The molecule has 0 aromatic heterocycles. The number of hydrogen-bond acceptors (Lipinski definition) is 5. The number of halogens is 2. The molecule has 3 N–H and O–H groups in total. The monoisotopic (exact) mass is 499 g/mol. The highest BCUT2D eigenvalue weighted by molar-refractivity contribution is 7.92. The molecule has 0 bridgehead atoms.